The van der Waals surface area contributed by atoms with E-state index in [1.54, 1.807) is 0 Å². The Labute approximate surface area is 134 Å². The van der Waals surface area contributed by atoms with Crippen molar-refractivity contribution < 1.29 is 8.78 Å². The summed E-state index contributed by atoms with van der Waals surface area (Å²) in [5, 5.41) is 3.70. The lowest BCUT2D eigenvalue weighted by Gasteiger charge is -2.41. The van der Waals surface area contributed by atoms with E-state index in [4.69, 9.17) is 0 Å². The average molecular weight is 313 g/mol. The molecule has 3 fully saturated rings. The largest absolute Gasteiger partial charge is 0.314 e. The van der Waals surface area contributed by atoms with E-state index in [0.29, 0.717) is 17.9 Å². The van der Waals surface area contributed by atoms with Crippen LogP contribution >= 0.6 is 0 Å². The highest BCUT2D eigenvalue weighted by molar-refractivity contribution is 4.88. The van der Waals surface area contributed by atoms with Crippen LogP contribution in [-0.2, 0) is 0 Å². The SMILES string of the molecule is FC1(F)CCC(C(CC2CCCCN2)C2CCCCC2)CC1. The Morgan fingerprint density at radius 2 is 1.45 bits per heavy atom. The van der Waals surface area contributed by atoms with Gasteiger partial charge in [-0.3, -0.25) is 0 Å². The van der Waals surface area contributed by atoms with Crippen molar-refractivity contribution in [1.82, 2.24) is 5.32 Å². The molecule has 1 heterocycles. The van der Waals surface area contributed by atoms with Crippen LogP contribution in [0.2, 0.25) is 0 Å². The number of piperidine rings is 1. The van der Waals surface area contributed by atoms with E-state index in [2.05, 4.69) is 5.32 Å². The van der Waals surface area contributed by atoms with Crippen LogP contribution in [0.15, 0.2) is 0 Å². The van der Waals surface area contributed by atoms with Crippen LogP contribution in [0.5, 0.6) is 0 Å². The van der Waals surface area contributed by atoms with Gasteiger partial charge in [0.2, 0.25) is 5.92 Å². The minimum absolute atomic E-state index is 0.138. The summed E-state index contributed by atoms with van der Waals surface area (Å²) in [6.45, 7) is 1.16. The second-order valence-corrected chi connectivity index (χ2v) is 8.14. The summed E-state index contributed by atoms with van der Waals surface area (Å²) in [6.07, 6.45) is 13.8. The minimum Gasteiger partial charge on any atom is -0.314 e. The highest BCUT2D eigenvalue weighted by Gasteiger charge is 2.40. The zero-order valence-electron chi connectivity index (χ0n) is 14.0. The van der Waals surface area contributed by atoms with Gasteiger partial charge in [-0.1, -0.05) is 38.5 Å². The number of hydrogen-bond acceptors (Lipinski definition) is 1. The summed E-state index contributed by atoms with van der Waals surface area (Å²) in [6, 6.07) is 0.656. The molecule has 3 rings (SSSR count). The molecule has 0 spiro atoms. The minimum atomic E-state index is -2.38. The van der Waals surface area contributed by atoms with Gasteiger partial charge in [0.05, 0.1) is 0 Å². The number of rotatable bonds is 4. The van der Waals surface area contributed by atoms with Gasteiger partial charge in [0.1, 0.15) is 0 Å². The molecule has 2 unspecified atom stereocenters. The third-order valence-electron chi connectivity index (χ3n) is 6.59. The molecule has 1 N–H and O–H groups in total. The van der Waals surface area contributed by atoms with E-state index in [1.807, 2.05) is 0 Å². The van der Waals surface area contributed by atoms with Gasteiger partial charge in [0, 0.05) is 18.9 Å². The maximum Gasteiger partial charge on any atom is 0.248 e. The molecule has 128 valence electrons. The first-order valence-corrected chi connectivity index (χ1v) is 9.75. The van der Waals surface area contributed by atoms with Crippen LogP contribution in [0.25, 0.3) is 0 Å². The molecule has 0 aromatic carbocycles. The van der Waals surface area contributed by atoms with Gasteiger partial charge in [-0.05, 0) is 56.4 Å². The van der Waals surface area contributed by atoms with Crippen LogP contribution in [0.1, 0.15) is 83.5 Å². The normalized spacial score (nSPS) is 32.7. The number of hydrogen-bond donors (Lipinski definition) is 1. The Balaban J connectivity index is 1.62. The maximum absolute atomic E-state index is 13.5. The van der Waals surface area contributed by atoms with Crippen LogP contribution < -0.4 is 5.32 Å². The molecule has 0 radical (unpaired) electrons. The summed E-state index contributed by atoms with van der Waals surface area (Å²) < 4.78 is 27.1. The van der Waals surface area contributed by atoms with Crippen molar-refractivity contribution in [3.63, 3.8) is 0 Å². The molecule has 2 saturated carbocycles. The highest BCUT2D eigenvalue weighted by Crippen LogP contribution is 2.46. The standard InChI is InChI=1S/C19H33F2N/c20-19(21)11-9-16(10-12-19)18(15-6-2-1-3-7-15)14-17-8-4-5-13-22-17/h15-18,22H,1-14H2. The molecule has 22 heavy (non-hydrogen) atoms. The summed E-state index contributed by atoms with van der Waals surface area (Å²) in [4.78, 5) is 0. The average Bonchev–Trinajstić information content (AvgIpc) is 2.55. The lowest BCUT2D eigenvalue weighted by Crippen LogP contribution is -2.40. The van der Waals surface area contributed by atoms with E-state index in [-0.39, 0.29) is 12.8 Å². The van der Waals surface area contributed by atoms with Crippen molar-refractivity contribution in [3.8, 4) is 0 Å². The monoisotopic (exact) mass is 313 g/mol. The van der Waals surface area contributed by atoms with Crippen molar-refractivity contribution in [2.45, 2.75) is 95.4 Å². The van der Waals surface area contributed by atoms with Gasteiger partial charge in [0.15, 0.2) is 0 Å². The third-order valence-corrected chi connectivity index (χ3v) is 6.59. The Morgan fingerprint density at radius 3 is 2.09 bits per heavy atom. The zero-order chi connectivity index (χ0) is 15.4. The first-order chi connectivity index (χ1) is 10.6. The van der Waals surface area contributed by atoms with E-state index >= 15 is 0 Å². The van der Waals surface area contributed by atoms with Crippen molar-refractivity contribution >= 4 is 0 Å². The predicted octanol–water partition coefficient (Wildman–Crippen LogP) is 5.54. The highest BCUT2D eigenvalue weighted by atomic mass is 19.3. The number of alkyl halides is 2. The van der Waals surface area contributed by atoms with Crippen molar-refractivity contribution in [1.29, 1.82) is 0 Å². The molecule has 3 aliphatic rings. The summed E-state index contributed by atoms with van der Waals surface area (Å²) in [7, 11) is 0. The first kappa shape index (κ1) is 16.7. The van der Waals surface area contributed by atoms with Gasteiger partial charge in [-0.25, -0.2) is 8.78 Å². The summed E-state index contributed by atoms with van der Waals surface area (Å²) >= 11 is 0. The Morgan fingerprint density at radius 1 is 0.818 bits per heavy atom. The van der Waals surface area contributed by atoms with Crippen molar-refractivity contribution in [2.24, 2.45) is 17.8 Å². The van der Waals surface area contributed by atoms with Gasteiger partial charge in [-0.2, -0.15) is 0 Å². The summed E-state index contributed by atoms with van der Waals surface area (Å²) in [5.41, 5.74) is 0. The molecule has 0 aromatic heterocycles. The van der Waals surface area contributed by atoms with Crippen LogP contribution in [-0.4, -0.2) is 18.5 Å². The third kappa shape index (κ3) is 4.43. The van der Waals surface area contributed by atoms with Gasteiger partial charge >= 0.3 is 0 Å². The van der Waals surface area contributed by atoms with Gasteiger partial charge in [-0.15, -0.1) is 0 Å². The Bertz CT molecular complexity index is 322. The molecule has 0 amide bonds. The van der Waals surface area contributed by atoms with Gasteiger partial charge < -0.3 is 5.32 Å². The molecule has 0 aromatic rings. The van der Waals surface area contributed by atoms with E-state index in [1.165, 1.54) is 57.8 Å². The molecule has 1 nitrogen and oxygen atoms in total. The summed E-state index contributed by atoms with van der Waals surface area (Å²) in [5.74, 6) is -0.302. The second-order valence-electron chi connectivity index (χ2n) is 8.14. The molecule has 0 bridgehead atoms. The maximum atomic E-state index is 13.5. The lowest BCUT2D eigenvalue weighted by molar-refractivity contribution is -0.0585. The fourth-order valence-corrected chi connectivity index (χ4v) is 5.28. The van der Waals surface area contributed by atoms with Crippen LogP contribution in [0.4, 0.5) is 8.78 Å². The first-order valence-electron chi connectivity index (χ1n) is 9.75. The van der Waals surface area contributed by atoms with E-state index in [0.717, 1.165) is 25.3 Å². The van der Waals surface area contributed by atoms with Crippen LogP contribution in [0.3, 0.4) is 0 Å². The number of nitrogens with one attached hydrogen (secondary N) is 1. The van der Waals surface area contributed by atoms with Gasteiger partial charge in [0.25, 0.3) is 0 Å². The molecule has 2 aliphatic carbocycles. The van der Waals surface area contributed by atoms with Crippen molar-refractivity contribution in [2.75, 3.05) is 6.54 Å². The molecule has 1 aliphatic heterocycles. The molecule has 2 atom stereocenters. The zero-order valence-corrected chi connectivity index (χ0v) is 14.0. The second kappa shape index (κ2) is 7.59. The fraction of sp³-hybridized carbons (Fsp3) is 1.00. The molecule has 3 heteroatoms. The topological polar surface area (TPSA) is 12.0 Å². The molecule has 1 saturated heterocycles. The fourth-order valence-electron chi connectivity index (χ4n) is 5.28. The molecular weight excluding hydrogens is 280 g/mol. The molecular formula is C19H33F2N. The van der Waals surface area contributed by atoms with E-state index < -0.39 is 5.92 Å². The Hall–Kier alpha value is -0.180. The smallest absolute Gasteiger partial charge is 0.248 e. The lowest BCUT2D eigenvalue weighted by atomic mass is 9.66. The number of halogens is 2. The Kier molecular flexibility index (Phi) is 5.75. The van der Waals surface area contributed by atoms with E-state index in [9.17, 15) is 8.78 Å². The predicted molar refractivity (Wildman–Crippen MR) is 87.2 cm³/mol. The van der Waals surface area contributed by atoms with Crippen molar-refractivity contribution in [3.05, 3.63) is 0 Å². The van der Waals surface area contributed by atoms with Crippen LogP contribution in [0, 0.1) is 17.8 Å². The quantitative estimate of drug-likeness (QED) is 0.718.